The zero-order valence-corrected chi connectivity index (χ0v) is 11.6. The number of rotatable bonds is 2. The summed E-state index contributed by atoms with van der Waals surface area (Å²) < 4.78 is 23.6. The Kier molecular flexibility index (Phi) is 3.06. The van der Waals surface area contributed by atoms with Crippen LogP contribution in [0.3, 0.4) is 0 Å². The molecule has 1 aliphatic carbocycles. The van der Waals surface area contributed by atoms with Crippen molar-refractivity contribution < 1.29 is 18.0 Å². The molecule has 0 atom stereocenters. The standard InChI is InChI=1S/C13H13NO4S/c1-14(2)10-11(15)8-6-4-5-7-9(8)12(16)13(10)19(3,17)18/h4-7H,1-3H3. The van der Waals surface area contributed by atoms with Crippen molar-refractivity contribution in [3.05, 3.63) is 46.0 Å². The molecule has 1 aromatic carbocycles. The van der Waals surface area contributed by atoms with Gasteiger partial charge in [-0.15, -0.1) is 0 Å². The minimum atomic E-state index is -3.78. The molecule has 5 nitrogen and oxygen atoms in total. The van der Waals surface area contributed by atoms with Gasteiger partial charge in [0.05, 0.1) is 0 Å². The summed E-state index contributed by atoms with van der Waals surface area (Å²) in [6.45, 7) is 0. The van der Waals surface area contributed by atoms with Crippen molar-refractivity contribution in [1.82, 2.24) is 4.90 Å². The number of Topliss-reactive ketones (excluding diaryl/α,β-unsaturated/α-hetero) is 2. The van der Waals surface area contributed by atoms with Gasteiger partial charge >= 0.3 is 0 Å². The summed E-state index contributed by atoms with van der Waals surface area (Å²) in [5.41, 5.74) is 0.299. The molecule has 0 amide bonds. The zero-order valence-electron chi connectivity index (χ0n) is 10.8. The Morgan fingerprint density at radius 3 is 1.84 bits per heavy atom. The Hall–Kier alpha value is -1.95. The third-order valence-electron chi connectivity index (χ3n) is 2.87. The van der Waals surface area contributed by atoms with Crippen LogP contribution < -0.4 is 0 Å². The van der Waals surface area contributed by atoms with E-state index >= 15 is 0 Å². The Morgan fingerprint density at radius 1 is 0.947 bits per heavy atom. The van der Waals surface area contributed by atoms with Crippen LogP contribution in [0.2, 0.25) is 0 Å². The number of sulfone groups is 1. The van der Waals surface area contributed by atoms with Gasteiger partial charge in [0, 0.05) is 31.5 Å². The fourth-order valence-electron chi connectivity index (χ4n) is 2.09. The lowest BCUT2D eigenvalue weighted by Gasteiger charge is -2.24. The average molecular weight is 279 g/mol. The predicted octanol–water partition coefficient (Wildman–Crippen LogP) is 0.883. The highest BCUT2D eigenvalue weighted by molar-refractivity contribution is 7.95. The van der Waals surface area contributed by atoms with E-state index in [1.165, 1.54) is 17.0 Å². The van der Waals surface area contributed by atoms with E-state index in [0.717, 1.165) is 6.26 Å². The van der Waals surface area contributed by atoms with Crippen molar-refractivity contribution in [2.45, 2.75) is 0 Å². The van der Waals surface area contributed by atoms with Crippen LogP contribution >= 0.6 is 0 Å². The molecule has 0 aliphatic heterocycles. The fraction of sp³-hybridized carbons (Fsp3) is 0.231. The van der Waals surface area contributed by atoms with Gasteiger partial charge in [0.25, 0.3) is 0 Å². The predicted molar refractivity (Wildman–Crippen MR) is 70.7 cm³/mol. The van der Waals surface area contributed by atoms with Crippen LogP contribution in [-0.2, 0) is 9.84 Å². The molecule has 0 spiro atoms. The van der Waals surface area contributed by atoms with Crippen LogP contribution in [-0.4, -0.2) is 45.2 Å². The van der Waals surface area contributed by atoms with Crippen LogP contribution in [0, 0.1) is 0 Å². The number of carbonyl (C=O) groups excluding carboxylic acids is 2. The van der Waals surface area contributed by atoms with Gasteiger partial charge in [0.15, 0.2) is 9.84 Å². The summed E-state index contributed by atoms with van der Waals surface area (Å²) in [7, 11) is -0.695. The molecule has 100 valence electrons. The summed E-state index contributed by atoms with van der Waals surface area (Å²) in [6.07, 6.45) is 0.935. The van der Waals surface area contributed by atoms with Crippen molar-refractivity contribution in [2.75, 3.05) is 20.4 Å². The van der Waals surface area contributed by atoms with Gasteiger partial charge in [0.2, 0.25) is 11.6 Å². The second-order valence-corrected chi connectivity index (χ2v) is 6.50. The van der Waals surface area contributed by atoms with E-state index in [4.69, 9.17) is 0 Å². The number of nitrogens with zero attached hydrogens (tertiary/aromatic N) is 1. The fourth-order valence-corrected chi connectivity index (χ4v) is 3.16. The molecule has 0 bridgehead atoms. The zero-order chi connectivity index (χ0) is 14.4. The molecule has 0 aromatic heterocycles. The van der Waals surface area contributed by atoms with Crippen molar-refractivity contribution in [1.29, 1.82) is 0 Å². The second-order valence-electron chi connectivity index (χ2n) is 4.55. The third kappa shape index (κ3) is 2.08. The molecule has 0 N–H and O–H groups in total. The number of fused-ring (bicyclic) bond motifs is 1. The molecule has 1 aromatic rings. The topological polar surface area (TPSA) is 71.5 Å². The maximum Gasteiger partial charge on any atom is 0.211 e. The van der Waals surface area contributed by atoms with Gasteiger partial charge in [0.1, 0.15) is 10.6 Å². The number of ketones is 2. The highest BCUT2D eigenvalue weighted by atomic mass is 32.2. The molecule has 19 heavy (non-hydrogen) atoms. The van der Waals surface area contributed by atoms with E-state index < -0.39 is 26.3 Å². The first-order valence-electron chi connectivity index (χ1n) is 5.55. The molecule has 0 unspecified atom stereocenters. The molecule has 0 saturated carbocycles. The van der Waals surface area contributed by atoms with E-state index in [9.17, 15) is 18.0 Å². The number of hydrogen-bond donors (Lipinski definition) is 0. The molecule has 0 radical (unpaired) electrons. The van der Waals surface area contributed by atoms with E-state index in [2.05, 4.69) is 0 Å². The van der Waals surface area contributed by atoms with Gasteiger partial charge in [-0.05, 0) is 0 Å². The number of likely N-dealkylation sites (N-methyl/N-ethyl adjacent to an activating group) is 1. The molecule has 0 fully saturated rings. The van der Waals surface area contributed by atoms with Crippen LogP contribution in [0.25, 0.3) is 0 Å². The number of benzene rings is 1. The maximum absolute atomic E-state index is 12.3. The van der Waals surface area contributed by atoms with Gasteiger partial charge in [-0.25, -0.2) is 8.42 Å². The SMILES string of the molecule is CN(C)C1=C(S(C)(=O)=O)C(=O)c2ccccc2C1=O. The second kappa shape index (κ2) is 4.31. The molecule has 6 heteroatoms. The van der Waals surface area contributed by atoms with Crippen molar-refractivity contribution >= 4 is 21.4 Å². The first-order valence-corrected chi connectivity index (χ1v) is 7.44. The molecular weight excluding hydrogens is 266 g/mol. The van der Waals surface area contributed by atoms with Crippen molar-refractivity contribution in [3.8, 4) is 0 Å². The molecule has 2 rings (SSSR count). The van der Waals surface area contributed by atoms with Gasteiger partial charge in [-0.2, -0.15) is 0 Å². The molecule has 1 aliphatic rings. The first kappa shape index (κ1) is 13.5. The van der Waals surface area contributed by atoms with Gasteiger partial charge in [-0.3, -0.25) is 9.59 Å². The number of allylic oxidation sites excluding steroid dienone is 2. The van der Waals surface area contributed by atoms with Crippen molar-refractivity contribution in [2.24, 2.45) is 0 Å². The molecule has 0 heterocycles. The van der Waals surface area contributed by atoms with Gasteiger partial charge in [-0.1, -0.05) is 24.3 Å². The Labute approximate surface area is 111 Å². The maximum atomic E-state index is 12.3. The highest BCUT2D eigenvalue weighted by Gasteiger charge is 2.37. The van der Waals surface area contributed by atoms with E-state index in [0.29, 0.717) is 0 Å². The monoisotopic (exact) mass is 279 g/mol. The van der Waals surface area contributed by atoms with Crippen LogP contribution in [0.5, 0.6) is 0 Å². The van der Waals surface area contributed by atoms with Crippen LogP contribution in [0.1, 0.15) is 20.7 Å². The van der Waals surface area contributed by atoms with Crippen LogP contribution in [0.15, 0.2) is 34.9 Å². The van der Waals surface area contributed by atoms with Crippen molar-refractivity contribution in [3.63, 3.8) is 0 Å². The smallest absolute Gasteiger partial charge is 0.211 e. The summed E-state index contributed by atoms with van der Waals surface area (Å²) in [6, 6.07) is 6.23. The Balaban J connectivity index is 2.85. The number of carbonyl (C=O) groups is 2. The highest BCUT2D eigenvalue weighted by Crippen LogP contribution is 2.29. The number of hydrogen-bond acceptors (Lipinski definition) is 5. The van der Waals surface area contributed by atoms with Crippen LogP contribution in [0.4, 0.5) is 0 Å². The minimum absolute atomic E-state index is 0.0776. The van der Waals surface area contributed by atoms with E-state index in [-0.39, 0.29) is 16.8 Å². The molecular formula is C13H13NO4S. The van der Waals surface area contributed by atoms with E-state index in [1.54, 1.807) is 26.2 Å². The first-order chi connectivity index (χ1) is 8.75. The quantitative estimate of drug-likeness (QED) is 0.803. The Bertz CT molecular complexity index is 714. The summed E-state index contributed by atoms with van der Waals surface area (Å²) in [4.78, 5) is 25.6. The largest absolute Gasteiger partial charge is 0.373 e. The lowest BCUT2D eigenvalue weighted by atomic mass is 9.92. The summed E-state index contributed by atoms with van der Waals surface area (Å²) >= 11 is 0. The summed E-state index contributed by atoms with van der Waals surface area (Å²) in [5, 5.41) is 0. The third-order valence-corrected chi connectivity index (χ3v) is 3.99. The Morgan fingerprint density at radius 2 is 1.42 bits per heavy atom. The molecule has 0 saturated heterocycles. The lowest BCUT2D eigenvalue weighted by Crippen LogP contribution is -2.32. The summed E-state index contributed by atoms with van der Waals surface area (Å²) in [5.74, 6) is -1.07. The van der Waals surface area contributed by atoms with E-state index in [1.807, 2.05) is 0 Å². The minimum Gasteiger partial charge on any atom is -0.373 e. The van der Waals surface area contributed by atoms with Gasteiger partial charge < -0.3 is 4.90 Å². The lowest BCUT2D eigenvalue weighted by molar-refractivity contribution is 0.0958. The average Bonchev–Trinajstić information content (AvgIpc) is 2.31. The normalized spacial score (nSPS) is 15.5.